The second-order valence-electron chi connectivity index (χ2n) is 7.30. The van der Waals surface area contributed by atoms with Gasteiger partial charge in [-0.15, -0.1) is 0 Å². The van der Waals surface area contributed by atoms with Crippen LogP contribution in [0.15, 0.2) is 42.7 Å². The van der Waals surface area contributed by atoms with Gasteiger partial charge < -0.3 is 10.2 Å². The Labute approximate surface area is 150 Å². The number of carbonyl (C=O) groups is 1. The van der Waals surface area contributed by atoms with Crippen LogP contribution < -0.4 is 5.32 Å². The van der Waals surface area contributed by atoms with Gasteiger partial charge in [0.1, 0.15) is 0 Å². The van der Waals surface area contributed by atoms with Crippen molar-refractivity contribution in [2.45, 2.75) is 39.5 Å². The molecule has 4 heteroatoms. The van der Waals surface area contributed by atoms with Crippen LogP contribution in [-0.4, -0.2) is 28.9 Å². The van der Waals surface area contributed by atoms with E-state index in [1.165, 1.54) is 5.56 Å². The van der Waals surface area contributed by atoms with E-state index in [4.69, 9.17) is 0 Å². The third kappa shape index (κ3) is 4.19. The third-order valence-corrected chi connectivity index (χ3v) is 4.92. The van der Waals surface area contributed by atoms with Crippen LogP contribution in [0.5, 0.6) is 0 Å². The van der Waals surface area contributed by atoms with Crippen LogP contribution in [0.25, 0.3) is 0 Å². The van der Waals surface area contributed by atoms with Crippen molar-refractivity contribution in [2.24, 2.45) is 5.92 Å². The second-order valence-corrected chi connectivity index (χ2v) is 7.30. The van der Waals surface area contributed by atoms with Gasteiger partial charge in [-0.3, -0.25) is 9.78 Å². The van der Waals surface area contributed by atoms with Crippen LogP contribution in [0.3, 0.4) is 0 Å². The number of likely N-dealkylation sites (tertiary alicyclic amines) is 1. The first kappa shape index (κ1) is 17.5. The molecule has 4 nitrogen and oxygen atoms in total. The zero-order valence-electron chi connectivity index (χ0n) is 15.3. The Morgan fingerprint density at radius 1 is 1.20 bits per heavy atom. The summed E-state index contributed by atoms with van der Waals surface area (Å²) in [6, 6.07) is 10.2. The Kier molecular flexibility index (Phi) is 5.37. The van der Waals surface area contributed by atoms with E-state index in [1.807, 2.05) is 17.0 Å². The first-order valence-corrected chi connectivity index (χ1v) is 9.15. The number of amides is 1. The summed E-state index contributed by atoms with van der Waals surface area (Å²) in [6.45, 7) is 8.29. The fourth-order valence-corrected chi connectivity index (χ4v) is 3.29. The maximum Gasteiger partial charge on any atom is 0.255 e. The van der Waals surface area contributed by atoms with Crippen molar-refractivity contribution in [1.82, 2.24) is 9.88 Å². The molecular weight excluding hydrogens is 310 g/mol. The van der Waals surface area contributed by atoms with E-state index >= 15 is 0 Å². The zero-order chi connectivity index (χ0) is 17.8. The lowest BCUT2D eigenvalue weighted by Gasteiger charge is -2.30. The number of benzene rings is 1. The van der Waals surface area contributed by atoms with Crippen molar-refractivity contribution in [3.63, 3.8) is 0 Å². The monoisotopic (exact) mass is 337 g/mol. The fraction of sp³-hybridized carbons (Fsp3) is 0.429. The van der Waals surface area contributed by atoms with E-state index in [9.17, 15) is 4.79 Å². The number of carbonyl (C=O) groups excluding carboxylic acids is 1. The van der Waals surface area contributed by atoms with Gasteiger partial charge in [0.25, 0.3) is 5.91 Å². The van der Waals surface area contributed by atoms with E-state index in [0.717, 1.165) is 37.3 Å². The number of pyridine rings is 1. The van der Waals surface area contributed by atoms with Crippen molar-refractivity contribution in [1.29, 1.82) is 0 Å². The number of nitrogens with zero attached hydrogens (tertiary/aromatic N) is 2. The Morgan fingerprint density at radius 3 is 2.64 bits per heavy atom. The molecule has 0 radical (unpaired) electrons. The molecule has 1 aliphatic heterocycles. The SMILES string of the molecule is CC1CCN(C(=O)c2cncc(Nc3ccccc3C(C)C)c2)CC1. The third-order valence-electron chi connectivity index (χ3n) is 4.92. The molecule has 0 saturated carbocycles. The molecule has 1 saturated heterocycles. The minimum absolute atomic E-state index is 0.0835. The first-order chi connectivity index (χ1) is 12.0. The molecule has 132 valence electrons. The average Bonchev–Trinajstić information content (AvgIpc) is 2.62. The van der Waals surface area contributed by atoms with E-state index in [1.54, 1.807) is 12.4 Å². The molecule has 1 aromatic carbocycles. The summed E-state index contributed by atoms with van der Waals surface area (Å²) in [5.74, 6) is 1.22. The summed E-state index contributed by atoms with van der Waals surface area (Å²) in [4.78, 5) is 19.0. The molecule has 0 bridgehead atoms. The van der Waals surface area contributed by atoms with Gasteiger partial charge in [-0.25, -0.2) is 0 Å². The van der Waals surface area contributed by atoms with Gasteiger partial charge in [-0.2, -0.15) is 0 Å². The van der Waals surface area contributed by atoms with Crippen molar-refractivity contribution in [3.05, 3.63) is 53.9 Å². The van der Waals surface area contributed by atoms with Crippen LogP contribution in [0.2, 0.25) is 0 Å². The van der Waals surface area contributed by atoms with Crippen LogP contribution in [0, 0.1) is 5.92 Å². The molecule has 1 N–H and O–H groups in total. The average molecular weight is 337 g/mol. The van der Waals surface area contributed by atoms with Gasteiger partial charge in [0, 0.05) is 25.0 Å². The minimum Gasteiger partial charge on any atom is -0.354 e. The Hall–Kier alpha value is -2.36. The highest BCUT2D eigenvalue weighted by Gasteiger charge is 2.21. The van der Waals surface area contributed by atoms with Gasteiger partial charge in [0.2, 0.25) is 0 Å². The highest BCUT2D eigenvalue weighted by atomic mass is 16.2. The van der Waals surface area contributed by atoms with E-state index < -0.39 is 0 Å². The summed E-state index contributed by atoms with van der Waals surface area (Å²) in [7, 11) is 0. The molecule has 1 aromatic heterocycles. The molecule has 0 aliphatic carbocycles. The molecule has 1 fully saturated rings. The number of aromatic nitrogens is 1. The van der Waals surface area contributed by atoms with Crippen molar-refractivity contribution >= 4 is 17.3 Å². The Balaban J connectivity index is 1.77. The highest BCUT2D eigenvalue weighted by Crippen LogP contribution is 2.27. The fourth-order valence-electron chi connectivity index (χ4n) is 3.29. The Bertz CT molecular complexity index is 733. The predicted molar refractivity (Wildman–Crippen MR) is 102 cm³/mol. The molecule has 1 aliphatic rings. The topological polar surface area (TPSA) is 45.2 Å². The maximum atomic E-state index is 12.7. The molecule has 0 unspecified atom stereocenters. The molecule has 1 amide bonds. The number of nitrogens with one attached hydrogen (secondary N) is 1. The standard InChI is InChI=1S/C21H27N3O/c1-15(2)19-6-4-5-7-20(19)23-18-12-17(13-22-14-18)21(25)24-10-8-16(3)9-11-24/h4-7,12-16,23H,8-11H2,1-3H3. The molecular formula is C21H27N3O. The van der Waals surface area contributed by atoms with Gasteiger partial charge in [-0.05, 0) is 42.4 Å². The van der Waals surface area contributed by atoms with Crippen LogP contribution >= 0.6 is 0 Å². The smallest absolute Gasteiger partial charge is 0.255 e. The van der Waals surface area contributed by atoms with Crippen molar-refractivity contribution in [2.75, 3.05) is 18.4 Å². The summed E-state index contributed by atoms with van der Waals surface area (Å²) < 4.78 is 0. The number of para-hydroxylation sites is 1. The van der Waals surface area contributed by atoms with Crippen molar-refractivity contribution < 1.29 is 4.79 Å². The van der Waals surface area contributed by atoms with Gasteiger partial charge in [-0.1, -0.05) is 39.0 Å². The zero-order valence-corrected chi connectivity index (χ0v) is 15.3. The van der Waals surface area contributed by atoms with Crippen molar-refractivity contribution in [3.8, 4) is 0 Å². The summed E-state index contributed by atoms with van der Waals surface area (Å²) in [5.41, 5.74) is 3.82. The number of anilines is 2. The molecule has 3 rings (SSSR count). The second kappa shape index (κ2) is 7.68. The number of piperidine rings is 1. The van der Waals surface area contributed by atoms with E-state index in [2.05, 4.69) is 49.3 Å². The summed E-state index contributed by atoms with van der Waals surface area (Å²) in [6.07, 6.45) is 5.60. The van der Waals surface area contributed by atoms with Gasteiger partial charge in [0.05, 0.1) is 17.4 Å². The van der Waals surface area contributed by atoms with E-state index in [0.29, 0.717) is 17.4 Å². The van der Waals surface area contributed by atoms with Crippen LogP contribution in [-0.2, 0) is 0 Å². The number of rotatable bonds is 4. The molecule has 2 heterocycles. The molecule has 25 heavy (non-hydrogen) atoms. The lowest BCUT2D eigenvalue weighted by molar-refractivity contribution is 0.0697. The maximum absolute atomic E-state index is 12.7. The normalized spacial score (nSPS) is 15.4. The number of hydrogen-bond donors (Lipinski definition) is 1. The lowest BCUT2D eigenvalue weighted by Crippen LogP contribution is -2.37. The van der Waals surface area contributed by atoms with E-state index in [-0.39, 0.29) is 5.91 Å². The number of hydrogen-bond acceptors (Lipinski definition) is 3. The molecule has 2 aromatic rings. The molecule has 0 spiro atoms. The molecule has 0 atom stereocenters. The van der Waals surface area contributed by atoms with Gasteiger partial charge in [0.15, 0.2) is 0 Å². The van der Waals surface area contributed by atoms with Crippen LogP contribution in [0.1, 0.15) is 55.5 Å². The quantitative estimate of drug-likeness (QED) is 0.870. The summed E-state index contributed by atoms with van der Waals surface area (Å²) in [5, 5.41) is 3.43. The summed E-state index contributed by atoms with van der Waals surface area (Å²) >= 11 is 0. The van der Waals surface area contributed by atoms with Crippen LogP contribution in [0.4, 0.5) is 11.4 Å². The predicted octanol–water partition coefficient (Wildman–Crippen LogP) is 4.82. The van der Waals surface area contributed by atoms with Gasteiger partial charge >= 0.3 is 0 Å². The highest BCUT2D eigenvalue weighted by molar-refractivity contribution is 5.95. The lowest BCUT2D eigenvalue weighted by atomic mass is 9.99. The first-order valence-electron chi connectivity index (χ1n) is 9.15. The minimum atomic E-state index is 0.0835. The Morgan fingerprint density at radius 2 is 1.92 bits per heavy atom. The largest absolute Gasteiger partial charge is 0.354 e.